The summed E-state index contributed by atoms with van der Waals surface area (Å²) >= 11 is 0. The van der Waals surface area contributed by atoms with Gasteiger partial charge in [0.1, 0.15) is 5.75 Å². The molecule has 140 valence electrons. The van der Waals surface area contributed by atoms with Crippen LogP contribution in [0.15, 0.2) is 24.3 Å². The lowest BCUT2D eigenvalue weighted by atomic mass is 10.1. The zero-order valence-corrected chi connectivity index (χ0v) is 15.6. The summed E-state index contributed by atoms with van der Waals surface area (Å²) in [5.41, 5.74) is 0.564. The first-order valence-electron chi connectivity index (χ1n) is 8.68. The van der Waals surface area contributed by atoms with Gasteiger partial charge in [-0.3, -0.25) is 9.59 Å². The lowest BCUT2D eigenvalue weighted by Gasteiger charge is -2.23. The molecule has 6 nitrogen and oxygen atoms in total. The van der Waals surface area contributed by atoms with Crippen LogP contribution in [0.1, 0.15) is 44.0 Å². The Morgan fingerprint density at radius 3 is 2.36 bits per heavy atom. The van der Waals surface area contributed by atoms with E-state index < -0.39 is 0 Å². The van der Waals surface area contributed by atoms with Gasteiger partial charge in [0.2, 0.25) is 0 Å². The number of hydrogen-bond donors (Lipinski definition) is 0. The molecule has 0 radical (unpaired) electrons. The topological polar surface area (TPSA) is 65.1 Å². The molecule has 0 fully saturated rings. The molecule has 0 spiro atoms. The van der Waals surface area contributed by atoms with E-state index in [1.165, 1.54) is 0 Å². The number of benzene rings is 1. The van der Waals surface area contributed by atoms with Crippen molar-refractivity contribution in [1.29, 1.82) is 0 Å². The highest BCUT2D eigenvalue weighted by Crippen LogP contribution is 2.14. The lowest BCUT2D eigenvalue weighted by molar-refractivity contribution is -0.143. The van der Waals surface area contributed by atoms with Gasteiger partial charge in [-0.25, -0.2) is 0 Å². The predicted octanol–water partition coefficient (Wildman–Crippen LogP) is 2.91. The lowest BCUT2D eigenvalue weighted by Crippen LogP contribution is -2.34. The molecule has 1 rings (SSSR count). The number of nitrogens with zero attached hydrogens (tertiary/aromatic N) is 1. The number of rotatable bonds is 11. The molecule has 0 saturated heterocycles. The van der Waals surface area contributed by atoms with Crippen LogP contribution >= 0.6 is 0 Å². The summed E-state index contributed by atoms with van der Waals surface area (Å²) in [6.07, 6.45) is 1.05. The quantitative estimate of drug-likeness (QED) is 0.453. The zero-order chi connectivity index (χ0) is 18.7. The van der Waals surface area contributed by atoms with Crippen LogP contribution < -0.4 is 4.74 Å². The van der Waals surface area contributed by atoms with Gasteiger partial charge in [-0.05, 0) is 51.5 Å². The van der Waals surface area contributed by atoms with E-state index in [9.17, 15) is 9.59 Å². The van der Waals surface area contributed by atoms with E-state index in [1.54, 1.807) is 43.2 Å². The fraction of sp³-hybridized carbons (Fsp3) is 0.579. The van der Waals surface area contributed by atoms with E-state index >= 15 is 0 Å². The third kappa shape index (κ3) is 8.03. The molecule has 1 amide bonds. The Morgan fingerprint density at radius 1 is 1.12 bits per heavy atom. The zero-order valence-electron chi connectivity index (χ0n) is 15.6. The molecule has 0 aliphatic rings. The Morgan fingerprint density at radius 2 is 1.80 bits per heavy atom. The molecule has 25 heavy (non-hydrogen) atoms. The fourth-order valence-corrected chi connectivity index (χ4v) is 2.26. The molecule has 0 saturated carbocycles. The Kier molecular flexibility index (Phi) is 9.62. The van der Waals surface area contributed by atoms with E-state index in [1.807, 2.05) is 13.8 Å². The molecule has 0 N–H and O–H groups in total. The number of amides is 1. The minimum Gasteiger partial charge on any atom is -0.497 e. The second-order valence-corrected chi connectivity index (χ2v) is 5.85. The summed E-state index contributed by atoms with van der Waals surface area (Å²) < 4.78 is 15.6. The Balaban J connectivity index is 2.69. The van der Waals surface area contributed by atoms with Crippen molar-refractivity contribution in [2.24, 2.45) is 0 Å². The number of hydrogen-bond acceptors (Lipinski definition) is 5. The van der Waals surface area contributed by atoms with E-state index in [2.05, 4.69) is 0 Å². The second kappa shape index (κ2) is 11.5. The van der Waals surface area contributed by atoms with Gasteiger partial charge in [0.15, 0.2) is 0 Å². The van der Waals surface area contributed by atoms with Crippen LogP contribution in [-0.2, 0) is 14.3 Å². The highest BCUT2D eigenvalue weighted by Gasteiger charge is 2.17. The highest BCUT2D eigenvalue weighted by molar-refractivity contribution is 5.94. The van der Waals surface area contributed by atoms with Crippen LogP contribution in [0.3, 0.4) is 0 Å². The maximum absolute atomic E-state index is 12.7. The number of ether oxygens (including phenoxy) is 3. The summed E-state index contributed by atoms with van der Waals surface area (Å²) in [6.45, 7) is 7.48. The van der Waals surface area contributed by atoms with E-state index in [0.717, 1.165) is 0 Å². The number of methoxy groups -OCH3 is 1. The van der Waals surface area contributed by atoms with E-state index in [0.29, 0.717) is 44.0 Å². The van der Waals surface area contributed by atoms with E-state index in [-0.39, 0.29) is 24.4 Å². The first kappa shape index (κ1) is 21.0. The fourth-order valence-electron chi connectivity index (χ4n) is 2.26. The van der Waals surface area contributed by atoms with Gasteiger partial charge < -0.3 is 19.1 Å². The predicted molar refractivity (Wildman–Crippen MR) is 95.9 cm³/mol. The molecule has 0 unspecified atom stereocenters. The third-order valence-electron chi connectivity index (χ3n) is 3.54. The Labute approximate surface area is 150 Å². The molecule has 6 heteroatoms. The largest absolute Gasteiger partial charge is 0.497 e. The van der Waals surface area contributed by atoms with Crippen molar-refractivity contribution >= 4 is 11.9 Å². The van der Waals surface area contributed by atoms with Gasteiger partial charge >= 0.3 is 5.97 Å². The van der Waals surface area contributed by atoms with Gasteiger partial charge in [-0.15, -0.1) is 0 Å². The Bertz CT molecular complexity index is 527. The molecule has 0 aliphatic heterocycles. The Hall–Kier alpha value is -2.08. The summed E-state index contributed by atoms with van der Waals surface area (Å²) in [5, 5.41) is 0. The van der Waals surface area contributed by atoms with Crippen LogP contribution in [0.5, 0.6) is 5.75 Å². The summed E-state index contributed by atoms with van der Waals surface area (Å²) in [5.74, 6) is 0.282. The standard InChI is InChI=1S/C19H29NO5/c1-5-24-18(21)11-13-20(12-6-14-25-15(2)3)19(22)16-7-9-17(23-4)10-8-16/h7-10,15H,5-6,11-14H2,1-4H3. The average molecular weight is 351 g/mol. The monoisotopic (exact) mass is 351 g/mol. The molecule has 1 aromatic carbocycles. The minimum absolute atomic E-state index is 0.114. The smallest absolute Gasteiger partial charge is 0.307 e. The number of esters is 1. The molecular formula is C19H29NO5. The van der Waals surface area contributed by atoms with Crippen molar-refractivity contribution in [1.82, 2.24) is 4.90 Å². The highest BCUT2D eigenvalue weighted by atomic mass is 16.5. The van der Waals surface area contributed by atoms with Crippen molar-refractivity contribution < 1.29 is 23.8 Å². The van der Waals surface area contributed by atoms with Gasteiger partial charge in [-0.2, -0.15) is 0 Å². The third-order valence-corrected chi connectivity index (χ3v) is 3.54. The first-order valence-corrected chi connectivity index (χ1v) is 8.68. The van der Waals surface area contributed by atoms with Crippen LogP contribution in [0, 0.1) is 0 Å². The number of carbonyl (C=O) groups excluding carboxylic acids is 2. The first-order chi connectivity index (χ1) is 12.0. The minimum atomic E-state index is -0.298. The molecule has 0 atom stereocenters. The summed E-state index contributed by atoms with van der Waals surface area (Å²) in [4.78, 5) is 26.0. The van der Waals surface area contributed by atoms with Gasteiger partial charge in [0.05, 0.1) is 26.2 Å². The van der Waals surface area contributed by atoms with Gasteiger partial charge in [0, 0.05) is 25.3 Å². The van der Waals surface area contributed by atoms with E-state index in [4.69, 9.17) is 14.2 Å². The average Bonchev–Trinajstić information content (AvgIpc) is 2.60. The number of carbonyl (C=O) groups is 2. The normalized spacial score (nSPS) is 10.6. The van der Waals surface area contributed by atoms with Crippen molar-refractivity contribution in [3.05, 3.63) is 29.8 Å². The molecule has 0 aromatic heterocycles. The van der Waals surface area contributed by atoms with Gasteiger partial charge in [0.25, 0.3) is 5.91 Å². The van der Waals surface area contributed by atoms with Gasteiger partial charge in [-0.1, -0.05) is 0 Å². The van der Waals surface area contributed by atoms with Crippen molar-refractivity contribution in [3.63, 3.8) is 0 Å². The second-order valence-electron chi connectivity index (χ2n) is 5.85. The molecular weight excluding hydrogens is 322 g/mol. The maximum atomic E-state index is 12.7. The van der Waals surface area contributed by atoms with Crippen molar-refractivity contribution in [3.8, 4) is 5.75 Å². The van der Waals surface area contributed by atoms with Crippen molar-refractivity contribution in [2.75, 3.05) is 33.4 Å². The molecule has 0 heterocycles. The van der Waals surface area contributed by atoms with Crippen molar-refractivity contribution in [2.45, 2.75) is 39.7 Å². The SMILES string of the molecule is CCOC(=O)CCN(CCCOC(C)C)C(=O)c1ccc(OC)cc1. The molecule has 0 bridgehead atoms. The summed E-state index contributed by atoms with van der Waals surface area (Å²) in [6, 6.07) is 6.95. The van der Waals surface area contributed by atoms with Crippen LogP contribution in [0.2, 0.25) is 0 Å². The molecule has 0 aliphatic carbocycles. The summed E-state index contributed by atoms with van der Waals surface area (Å²) in [7, 11) is 1.58. The van der Waals surface area contributed by atoms with Crippen LogP contribution in [-0.4, -0.2) is 56.3 Å². The van der Waals surface area contributed by atoms with Crippen LogP contribution in [0.4, 0.5) is 0 Å². The van der Waals surface area contributed by atoms with Crippen LogP contribution in [0.25, 0.3) is 0 Å². The maximum Gasteiger partial charge on any atom is 0.307 e. The molecule has 1 aromatic rings.